The molecule has 4 rings (SSSR count). The van der Waals surface area contributed by atoms with E-state index in [0.717, 1.165) is 15.8 Å². The largest absolute Gasteiger partial charge is 0.486 e. The summed E-state index contributed by atoms with van der Waals surface area (Å²) in [6.45, 7) is 5.05. The van der Waals surface area contributed by atoms with Crippen LogP contribution in [0.4, 0.5) is 0 Å². The fourth-order valence-electron chi connectivity index (χ4n) is 2.92. The standard InChI is InChI=1S/C20H18BrN3O3/c1-12(2)19-23-16-5-4-14(21)10-15(16)20(25)24(19)22-11-13-3-6-17-18(9-13)27-8-7-26-17/h3-6,9-12H,7-8H2,1-2H3. The first kappa shape index (κ1) is 17.7. The fraction of sp³-hybridized carbons (Fsp3) is 0.250. The Hall–Kier alpha value is -2.67. The van der Waals surface area contributed by atoms with Gasteiger partial charge in [0.15, 0.2) is 11.5 Å². The van der Waals surface area contributed by atoms with E-state index in [4.69, 9.17) is 9.47 Å². The average molecular weight is 428 g/mol. The van der Waals surface area contributed by atoms with Crippen molar-refractivity contribution in [1.82, 2.24) is 9.66 Å². The molecule has 138 valence electrons. The van der Waals surface area contributed by atoms with Crippen LogP contribution in [0, 0.1) is 0 Å². The van der Waals surface area contributed by atoms with Crippen molar-refractivity contribution < 1.29 is 9.47 Å². The van der Waals surface area contributed by atoms with E-state index in [1.807, 2.05) is 44.2 Å². The maximum absolute atomic E-state index is 13.0. The molecule has 0 bridgehead atoms. The smallest absolute Gasteiger partial charge is 0.282 e. The van der Waals surface area contributed by atoms with Gasteiger partial charge in [-0.25, -0.2) is 4.98 Å². The molecular weight excluding hydrogens is 410 g/mol. The molecule has 0 aliphatic carbocycles. The lowest BCUT2D eigenvalue weighted by Crippen LogP contribution is -2.23. The molecule has 7 heteroatoms. The molecule has 0 N–H and O–H groups in total. The lowest BCUT2D eigenvalue weighted by molar-refractivity contribution is 0.171. The maximum atomic E-state index is 13.0. The Labute approximate surface area is 164 Å². The zero-order chi connectivity index (χ0) is 19.0. The normalized spacial score (nSPS) is 13.6. The van der Waals surface area contributed by atoms with Crippen molar-refractivity contribution in [2.24, 2.45) is 5.10 Å². The molecule has 0 spiro atoms. The number of ether oxygens (including phenoxy) is 2. The van der Waals surface area contributed by atoms with Gasteiger partial charge in [0.1, 0.15) is 19.0 Å². The summed E-state index contributed by atoms with van der Waals surface area (Å²) >= 11 is 3.41. The Morgan fingerprint density at radius 1 is 1.15 bits per heavy atom. The first-order chi connectivity index (χ1) is 13.0. The summed E-state index contributed by atoms with van der Waals surface area (Å²) in [6.07, 6.45) is 1.64. The van der Waals surface area contributed by atoms with Crippen LogP contribution in [0.1, 0.15) is 31.2 Å². The molecule has 2 heterocycles. The second kappa shape index (κ2) is 7.15. The predicted molar refractivity (Wildman–Crippen MR) is 108 cm³/mol. The summed E-state index contributed by atoms with van der Waals surface area (Å²) in [5.41, 5.74) is 1.28. The van der Waals surface area contributed by atoms with Gasteiger partial charge in [-0.05, 0) is 42.0 Å². The summed E-state index contributed by atoms with van der Waals surface area (Å²) < 4.78 is 13.3. The van der Waals surface area contributed by atoms with E-state index in [1.54, 1.807) is 12.3 Å². The van der Waals surface area contributed by atoms with Gasteiger partial charge < -0.3 is 9.47 Å². The summed E-state index contributed by atoms with van der Waals surface area (Å²) in [6, 6.07) is 11.1. The van der Waals surface area contributed by atoms with Crippen LogP contribution in [-0.4, -0.2) is 29.1 Å². The molecule has 1 aromatic heterocycles. The van der Waals surface area contributed by atoms with Crippen molar-refractivity contribution >= 4 is 33.0 Å². The van der Waals surface area contributed by atoms with Gasteiger partial charge in [0, 0.05) is 10.4 Å². The van der Waals surface area contributed by atoms with E-state index in [0.29, 0.717) is 35.7 Å². The van der Waals surface area contributed by atoms with E-state index in [1.165, 1.54) is 4.68 Å². The maximum Gasteiger partial charge on any atom is 0.282 e. The van der Waals surface area contributed by atoms with E-state index in [-0.39, 0.29) is 11.5 Å². The number of aromatic nitrogens is 2. The highest BCUT2D eigenvalue weighted by Gasteiger charge is 2.14. The SMILES string of the molecule is CC(C)c1nc2ccc(Br)cc2c(=O)n1N=Cc1ccc2c(c1)OCCO2. The summed E-state index contributed by atoms with van der Waals surface area (Å²) in [5.74, 6) is 2.06. The van der Waals surface area contributed by atoms with Gasteiger partial charge in [-0.3, -0.25) is 4.79 Å². The van der Waals surface area contributed by atoms with Gasteiger partial charge in [-0.2, -0.15) is 9.78 Å². The Balaban J connectivity index is 1.80. The Bertz CT molecular complexity index is 1110. The number of benzene rings is 2. The lowest BCUT2D eigenvalue weighted by atomic mass is 10.2. The molecule has 0 saturated carbocycles. The lowest BCUT2D eigenvalue weighted by Gasteiger charge is -2.18. The van der Waals surface area contributed by atoms with E-state index in [9.17, 15) is 4.79 Å². The van der Waals surface area contributed by atoms with Crippen LogP contribution in [0.2, 0.25) is 0 Å². The monoisotopic (exact) mass is 427 g/mol. The quantitative estimate of drug-likeness (QED) is 0.593. The summed E-state index contributed by atoms with van der Waals surface area (Å²) in [7, 11) is 0. The molecule has 0 fully saturated rings. The van der Waals surface area contributed by atoms with Gasteiger partial charge in [0.25, 0.3) is 5.56 Å². The predicted octanol–water partition coefficient (Wildman–Crippen LogP) is 3.94. The molecule has 1 aliphatic rings. The van der Waals surface area contributed by atoms with Gasteiger partial charge >= 0.3 is 0 Å². The van der Waals surface area contributed by atoms with Crippen LogP contribution in [-0.2, 0) is 0 Å². The van der Waals surface area contributed by atoms with E-state index in [2.05, 4.69) is 26.0 Å². The number of halogens is 1. The van der Waals surface area contributed by atoms with Crippen molar-refractivity contribution in [2.45, 2.75) is 19.8 Å². The molecule has 0 atom stereocenters. The zero-order valence-corrected chi connectivity index (χ0v) is 16.6. The average Bonchev–Trinajstić information content (AvgIpc) is 2.67. The highest BCUT2D eigenvalue weighted by molar-refractivity contribution is 9.10. The first-order valence-electron chi connectivity index (χ1n) is 8.69. The highest BCUT2D eigenvalue weighted by atomic mass is 79.9. The second-order valence-electron chi connectivity index (χ2n) is 6.55. The molecular formula is C20H18BrN3O3. The minimum Gasteiger partial charge on any atom is -0.486 e. The number of fused-ring (bicyclic) bond motifs is 2. The fourth-order valence-corrected chi connectivity index (χ4v) is 3.28. The van der Waals surface area contributed by atoms with Crippen molar-refractivity contribution in [2.75, 3.05) is 13.2 Å². The third kappa shape index (κ3) is 3.47. The zero-order valence-electron chi connectivity index (χ0n) is 15.0. The molecule has 0 saturated heterocycles. The van der Waals surface area contributed by atoms with Gasteiger partial charge in [-0.15, -0.1) is 0 Å². The van der Waals surface area contributed by atoms with E-state index >= 15 is 0 Å². The van der Waals surface area contributed by atoms with Crippen molar-refractivity contribution in [3.63, 3.8) is 0 Å². The number of hydrogen-bond donors (Lipinski definition) is 0. The Morgan fingerprint density at radius 3 is 2.70 bits per heavy atom. The highest BCUT2D eigenvalue weighted by Crippen LogP contribution is 2.30. The van der Waals surface area contributed by atoms with Crippen molar-refractivity contribution in [1.29, 1.82) is 0 Å². The van der Waals surface area contributed by atoms with Crippen LogP contribution in [0.25, 0.3) is 10.9 Å². The topological polar surface area (TPSA) is 65.7 Å². The molecule has 6 nitrogen and oxygen atoms in total. The Kier molecular flexibility index (Phi) is 4.70. The molecule has 1 aliphatic heterocycles. The molecule has 27 heavy (non-hydrogen) atoms. The summed E-state index contributed by atoms with van der Waals surface area (Å²) in [4.78, 5) is 17.6. The molecule has 3 aromatic rings. The van der Waals surface area contributed by atoms with Gasteiger partial charge in [-0.1, -0.05) is 29.8 Å². The summed E-state index contributed by atoms with van der Waals surface area (Å²) in [5, 5.41) is 4.95. The minimum atomic E-state index is -0.196. The third-order valence-electron chi connectivity index (χ3n) is 4.24. The van der Waals surface area contributed by atoms with Crippen LogP contribution in [0.15, 0.2) is 50.8 Å². The van der Waals surface area contributed by atoms with Gasteiger partial charge in [0.05, 0.1) is 17.1 Å². The number of nitrogens with zero attached hydrogens (tertiary/aromatic N) is 3. The molecule has 2 aromatic carbocycles. The second-order valence-corrected chi connectivity index (χ2v) is 7.47. The van der Waals surface area contributed by atoms with Crippen molar-refractivity contribution in [3.05, 3.63) is 62.6 Å². The van der Waals surface area contributed by atoms with Crippen molar-refractivity contribution in [3.8, 4) is 11.5 Å². The third-order valence-corrected chi connectivity index (χ3v) is 4.73. The molecule has 0 radical (unpaired) electrons. The Morgan fingerprint density at radius 2 is 1.93 bits per heavy atom. The van der Waals surface area contributed by atoms with E-state index < -0.39 is 0 Å². The minimum absolute atomic E-state index is 0.0446. The van der Waals surface area contributed by atoms with Crippen LogP contribution >= 0.6 is 15.9 Å². The molecule has 0 unspecified atom stereocenters. The van der Waals surface area contributed by atoms with Crippen LogP contribution in [0.3, 0.4) is 0 Å². The van der Waals surface area contributed by atoms with Crippen LogP contribution in [0.5, 0.6) is 11.5 Å². The first-order valence-corrected chi connectivity index (χ1v) is 9.48. The van der Waals surface area contributed by atoms with Crippen LogP contribution < -0.4 is 15.0 Å². The number of rotatable bonds is 3. The molecule has 0 amide bonds. The number of hydrogen-bond acceptors (Lipinski definition) is 5. The van der Waals surface area contributed by atoms with Gasteiger partial charge in [0.2, 0.25) is 0 Å².